The first-order chi connectivity index (χ1) is 11.1. The van der Waals surface area contributed by atoms with Gasteiger partial charge in [0.2, 0.25) is 0 Å². The molecule has 0 aliphatic heterocycles. The van der Waals surface area contributed by atoms with Gasteiger partial charge in [0.15, 0.2) is 6.61 Å². The number of rotatable bonds is 6. The largest absolute Gasteiger partial charge is 0.451 e. The number of para-hydroxylation sites is 1. The Hall–Kier alpha value is -2.36. The third-order valence-electron chi connectivity index (χ3n) is 2.92. The molecule has 2 aromatic rings. The summed E-state index contributed by atoms with van der Waals surface area (Å²) >= 11 is 6.85. The summed E-state index contributed by atoms with van der Waals surface area (Å²) in [7, 11) is 0. The van der Waals surface area contributed by atoms with E-state index in [4.69, 9.17) is 21.6 Å². The number of esters is 1. The van der Waals surface area contributed by atoms with Gasteiger partial charge in [0.25, 0.3) is 5.91 Å². The first-order valence-electron chi connectivity index (χ1n) is 6.76. The van der Waals surface area contributed by atoms with E-state index in [9.17, 15) is 9.59 Å². The fraction of sp³-hybridized carbons (Fsp3) is 0.188. The summed E-state index contributed by atoms with van der Waals surface area (Å²) in [6, 6.07) is 14.1. The maximum atomic E-state index is 12.3. The van der Waals surface area contributed by atoms with Crippen LogP contribution >= 0.6 is 22.9 Å². The number of halogens is 1. The number of hydrogen-bond acceptors (Lipinski definition) is 5. The van der Waals surface area contributed by atoms with Crippen molar-refractivity contribution in [3.63, 3.8) is 0 Å². The van der Waals surface area contributed by atoms with Crippen LogP contribution in [-0.2, 0) is 9.53 Å². The molecule has 0 aliphatic carbocycles. The van der Waals surface area contributed by atoms with Gasteiger partial charge in [-0.1, -0.05) is 29.8 Å². The maximum Gasteiger partial charge on any atom is 0.348 e. The number of carbonyl (C=O) groups is 2. The molecule has 0 fully saturated rings. The van der Waals surface area contributed by atoms with Crippen molar-refractivity contribution in [1.29, 1.82) is 5.26 Å². The van der Waals surface area contributed by atoms with Gasteiger partial charge >= 0.3 is 5.97 Å². The topological polar surface area (TPSA) is 70.4 Å². The van der Waals surface area contributed by atoms with Crippen LogP contribution in [0.25, 0.3) is 0 Å². The van der Waals surface area contributed by atoms with Crippen molar-refractivity contribution in [3.8, 4) is 6.07 Å². The Morgan fingerprint density at radius 1 is 1.22 bits per heavy atom. The Bertz CT molecular complexity index is 724. The van der Waals surface area contributed by atoms with Crippen LogP contribution < -0.4 is 4.90 Å². The molecule has 0 bridgehead atoms. The normalized spacial score (nSPS) is 9.91. The Balaban J connectivity index is 2.00. The first-order valence-corrected chi connectivity index (χ1v) is 7.96. The quantitative estimate of drug-likeness (QED) is 0.749. The van der Waals surface area contributed by atoms with E-state index in [2.05, 4.69) is 0 Å². The van der Waals surface area contributed by atoms with Crippen molar-refractivity contribution < 1.29 is 14.3 Å². The highest BCUT2D eigenvalue weighted by atomic mass is 35.5. The molecule has 1 amide bonds. The standard InChI is InChI=1S/C16H13ClN2O3S/c17-14-8-7-13(23-14)16(21)22-11-15(20)19(10-4-9-18)12-5-2-1-3-6-12/h1-3,5-8H,4,10-11H2. The smallest absolute Gasteiger partial charge is 0.348 e. The van der Waals surface area contributed by atoms with Gasteiger partial charge in [0.1, 0.15) is 4.88 Å². The SMILES string of the molecule is N#CCCN(C(=O)COC(=O)c1ccc(Cl)s1)c1ccccc1. The van der Waals surface area contributed by atoms with E-state index in [0.29, 0.717) is 14.9 Å². The number of amides is 1. The van der Waals surface area contributed by atoms with E-state index >= 15 is 0 Å². The zero-order valence-electron chi connectivity index (χ0n) is 12.1. The van der Waals surface area contributed by atoms with Gasteiger partial charge in [-0.05, 0) is 24.3 Å². The molecule has 0 unspecified atom stereocenters. The Morgan fingerprint density at radius 3 is 2.57 bits per heavy atom. The number of nitrogens with zero attached hydrogens (tertiary/aromatic N) is 2. The van der Waals surface area contributed by atoms with Crippen LogP contribution in [0.3, 0.4) is 0 Å². The minimum absolute atomic E-state index is 0.190. The van der Waals surface area contributed by atoms with Crippen molar-refractivity contribution in [3.05, 3.63) is 51.7 Å². The van der Waals surface area contributed by atoms with Gasteiger partial charge in [-0.15, -0.1) is 11.3 Å². The van der Waals surface area contributed by atoms with Gasteiger partial charge in [-0.25, -0.2) is 4.79 Å². The highest BCUT2D eigenvalue weighted by Crippen LogP contribution is 2.22. The number of hydrogen-bond donors (Lipinski definition) is 0. The average molecular weight is 349 g/mol. The summed E-state index contributed by atoms with van der Waals surface area (Å²) in [6.07, 6.45) is 0.190. The molecule has 118 valence electrons. The van der Waals surface area contributed by atoms with Crippen LogP contribution in [0.5, 0.6) is 0 Å². The number of benzene rings is 1. The number of ether oxygens (including phenoxy) is 1. The summed E-state index contributed by atoms with van der Waals surface area (Å²) < 4.78 is 5.50. The maximum absolute atomic E-state index is 12.3. The molecule has 23 heavy (non-hydrogen) atoms. The lowest BCUT2D eigenvalue weighted by atomic mass is 10.2. The minimum Gasteiger partial charge on any atom is -0.451 e. The van der Waals surface area contributed by atoms with E-state index in [-0.39, 0.29) is 18.9 Å². The summed E-state index contributed by atoms with van der Waals surface area (Å²) in [4.78, 5) is 25.9. The zero-order valence-corrected chi connectivity index (χ0v) is 13.6. The molecule has 0 aliphatic rings. The molecule has 7 heteroatoms. The van der Waals surface area contributed by atoms with E-state index in [1.165, 1.54) is 4.90 Å². The van der Waals surface area contributed by atoms with E-state index in [1.807, 2.05) is 12.1 Å². The first kappa shape index (κ1) is 17.0. The molecular formula is C16H13ClN2O3S. The van der Waals surface area contributed by atoms with Gasteiger partial charge in [0.05, 0.1) is 16.8 Å². The van der Waals surface area contributed by atoms with Crippen molar-refractivity contribution >= 4 is 40.5 Å². The van der Waals surface area contributed by atoms with E-state index in [0.717, 1.165) is 11.3 Å². The van der Waals surface area contributed by atoms with Gasteiger partial charge < -0.3 is 9.64 Å². The lowest BCUT2D eigenvalue weighted by Gasteiger charge is -2.21. The number of anilines is 1. The third-order valence-corrected chi connectivity index (χ3v) is 4.13. The minimum atomic E-state index is -0.594. The van der Waals surface area contributed by atoms with Crippen molar-refractivity contribution in [2.75, 3.05) is 18.1 Å². The predicted molar refractivity (Wildman–Crippen MR) is 88.6 cm³/mol. The summed E-state index contributed by atoms with van der Waals surface area (Å²) in [6.45, 7) is -0.156. The fourth-order valence-corrected chi connectivity index (χ4v) is 2.80. The Morgan fingerprint density at radius 2 is 1.96 bits per heavy atom. The summed E-state index contributed by atoms with van der Waals surface area (Å²) in [5.41, 5.74) is 0.656. The molecule has 1 aromatic heterocycles. The third kappa shape index (κ3) is 4.81. The second kappa shape index (κ2) is 8.32. The Kier molecular flexibility index (Phi) is 6.15. The summed E-state index contributed by atoms with van der Waals surface area (Å²) in [5, 5.41) is 8.73. The molecule has 0 saturated heterocycles. The second-order valence-corrected chi connectivity index (χ2v) is 6.18. The van der Waals surface area contributed by atoms with Crippen molar-refractivity contribution in [1.82, 2.24) is 0 Å². The van der Waals surface area contributed by atoms with Crippen LogP contribution in [0, 0.1) is 11.3 Å². The highest BCUT2D eigenvalue weighted by molar-refractivity contribution is 7.17. The zero-order chi connectivity index (χ0) is 16.7. The average Bonchev–Trinajstić information content (AvgIpc) is 3.00. The van der Waals surface area contributed by atoms with Crippen LogP contribution in [0.1, 0.15) is 16.1 Å². The molecule has 0 atom stereocenters. The van der Waals surface area contributed by atoms with Crippen LogP contribution in [0.2, 0.25) is 4.34 Å². The number of nitriles is 1. The fourth-order valence-electron chi connectivity index (χ4n) is 1.87. The molecule has 1 heterocycles. The monoisotopic (exact) mass is 348 g/mol. The molecule has 0 N–H and O–H groups in total. The number of thiophene rings is 1. The van der Waals surface area contributed by atoms with Gasteiger partial charge in [0, 0.05) is 12.2 Å². The molecule has 2 rings (SSSR count). The molecule has 0 radical (unpaired) electrons. The highest BCUT2D eigenvalue weighted by Gasteiger charge is 2.18. The molecular weight excluding hydrogens is 336 g/mol. The molecule has 0 spiro atoms. The van der Waals surface area contributed by atoms with Crippen molar-refractivity contribution in [2.45, 2.75) is 6.42 Å². The predicted octanol–water partition coefficient (Wildman–Crippen LogP) is 3.51. The molecule has 1 aromatic carbocycles. The van der Waals surface area contributed by atoms with Gasteiger partial charge in [-0.2, -0.15) is 5.26 Å². The molecule has 0 saturated carbocycles. The van der Waals surface area contributed by atoms with Crippen LogP contribution in [0.15, 0.2) is 42.5 Å². The summed E-state index contributed by atoms with van der Waals surface area (Å²) in [5.74, 6) is -0.981. The second-order valence-electron chi connectivity index (χ2n) is 4.47. The van der Waals surface area contributed by atoms with Crippen LogP contribution in [-0.4, -0.2) is 25.0 Å². The van der Waals surface area contributed by atoms with E-state index < -0.39 is 12.6 Å². The Labute approximate surface area is 142 Å². The van der Waals surface area contributed by atoms with E-state index in [1.54, 1.807) is 36.4 Å². The van der Waals surface area contributed by atoms with Crippen molar-refractivity contribution in [2.24, 2.45) is 0 Å². The molecule has 5 nitrogen and oxygen atoms in total. The van der Waals surface area contributed by atoms with Gasteiger partial charge in [-0.3, -0.25) is 4.79 Å². The van der Waals surface area contributed by atoms with Crippen LogP contribution in [0.4, 0.5) is 5.69 Å². The lowest BCUT2D eigenvalue weighted by Crippen LogP contribution is -2.35. The lowest BCUT2D eigenvalue weighted by molar-refractivity contribution is -0.121. The number of carbonyl (C=O) groups excluding carboxylic acids is 2.